The second kappa shape index (κ2) is 10.1. The van der Waals surface area contributed by atoms with E-state index in [4.69, 9.17) is 17.3 Å². The summed E-state index contributed by atoms with van der Waals surface area (Å²) in [6.45, 7) is 1.87. The molecule has 1 aliphatic rings. The number of primary amides is 1. The number of hydrogen-bond donors (Lipinski definition) is 2. The van der Waals surface area contributed by atoms with Crippen LogP contribution < -0.4 is 10.6 Å². The van der Waals surface area contributed by atoms with Gasteiger partial charge in [0.25, 0.3) is 0 Å². The van der Waals surface area contributed by atoms with Crippen molar-refractivity contribution in [1.29, 1.82) is 0 Å². The third-order valence-electron chi connectivity index (χ3n) is 6.35. The van der Waals surface area contributed by atoms with Crippen LogP contribution in [0.2, 0.25) is 5.02 Å². The highest BCUT2D eigenvalue weighted by atomic mass is 35.5. The fraction of sp³-hybridized carbons (Fsp3) is 0.259. The Bertz CT molecular complexity index is 1130. The molecule has 1 heterocycles. The van der Waals surface area contributed by atoms with Crippen molar-refractivity contribution in [2.45, 2.75) is 31.1 Å². The maximum absolute atomic E-state index is 13.0. The first kappa shape index (κ1) is 22.9. The Balaban J connectivity index is 1.91. The van der Waals surface area contributed by atoms with Crippen LogP contribution in [0.3, 0.4) is 0 Å². The van der Waals surface area contributed by atoms with E-state index in [1.807, 2.05) is 42.5 Å². The standard InChI is InChI=1S/C27H27ClN2O3/c28-21-10-7-11-22(30-16-5-2-6-17-30)25(21)23(18-8-3-1-4-9-18)24(26(29)31)19-12-14-20(15-13-19)27(32)33/h1,3-4,7-15,23-24H,2,5-6,16-17H2,(H2,29,31)(H,32,33). The zero-order chi connectivity index (χ0) is 23.4. The predicted octanol–water partition coefficient (Wildman–Crippen LogP) is 5.43. The van der Waals surface area contributed by atoms with Crippen molar-refractivity contribution in [1.82, 2.24) is 0 Å². The number of carboxylic acids is 1. The first-order chi connectivity index (χ1) is 16.0. The van der Waals surface area contributed by atoms with Gasteiger partial charge in [-0.3, -0.25) is 4.79 Å². The monoisotopic (exact) mass is 462 g/mol. The van der Waals surface area contributed by atoms with E-state index in [1.165, 1.54) is 18.6 Å². The van der Waals surface area contributed by atoms with Gasteiger partial charge in [-0.05, 0) is 54.7 Å². The molecule has 0 aliphatic carbocycles. The van der Waals surface area contributed by atoms with Crippen LogP contribution in [0.4, 0.5) is 5.69 Å². The minimum atomic E-state index is -1.02. The number of carbonyl (C=O) groups is 2. The van der Waals surface area contributed by atoms with Crippen molar-refractivity contribution in [2.75, 3.05) is 18.0 Å². The molecule has 1 aliphatic heterocycles. The summed E-state index contributed by atoms with van der Waals surface area (Å²) in [5.41, 5.74) is 9.64. The summed E-state index contributed by atoms with van der Waals surface area (Å²) in [6.07, 6.45) is 3.42. The Hall–Kier alpha value is -3.31. The molecule has 1 fully saturated rings. The molecule has 3 N–H and O–H groups in total. The van der Waals surface area contributed by atoms with Gasteiger partial charge in [-0.1, -0.05) is 60.1 Å². The normalized spacial score (nSPS) is 15.6. The van der Waals surface area contributed by atoms with Crippen molar-refractivity contribution < 1.29 is 14.7 Å². The summed E-state index contributed by atoms with van der Waals surface area (Å²) in [7, 11) is 0. The molecule has 1 amide bonds. The third-order valence-corrected chi connectivity index (χ3v) is 6.68. The molecule has 3 aromatic rings. The highest BCUT2D eigenvalue weighted by Gasteiger charge is 2.35. The maximum Gasteiger partial charge on any atom is 0.335 e. The SMILES string of the molecule is NC(=O)C(c1ccc(C(=O)O)cc1)C(c1ccccc1)c1c(Cl)cccc1N1CCCCC1. The fourth-order valence-electron chi connectivity index (χ4n) is 4.78. The van der Waals surface area contributed by atoms with Crippen LogP contribution in [-0.4, -0.2) is 30.1 Å². The van der Waals surface area contributed by atoms with Gasteiger partial charge < -0.3 is 15.7 Å². The number of aromatic carboxylic acids is 1. The third kappa shape index (κ3) is 4.88. The number of carboxylic acid groups (broad SMARTS) is 1. The number of rotatable bonds is 7. The molecule has 1 saturated heterocycles. The first-order valence-corrected chi connectivity index (χ1v) is 11.6. The van der Waals surface area contributed by atoms with Crippen molar-refractivity contribution in [3.05, 3.63) is 100 Å². The molecule has 0 spiro atoms. The van der Waals surface area contributed by atoms with Gasteiger partial charge in [0.15, 0.2) is 0 Å². The zero-order valence-corrected chi connectivity index (χ0v) is 19.0. The smallest absolute Gasteiger partial charge is 0.335 e. The first-order valence-electron chi connectivity index (χ1n) is 11.2. The van der Waals surface area contributed by atoms with Crippen LogP contribution in [0, 0.1) is 0 Å². The minimum Gasteiger partial charge on any atom is -0.478 e. The Morgan fingerprint density at radius 2 is 1.52 bits per heavy atom. The van der Waals surface area contributed by atoms with Crippen LogP contribution in [0.25, 0.3) is 0 Å². The Labute approximate surface area is 198 Å². The largest absolute Gasteiger partial charge is 0.478 e. The van der Waals surface area contributed by atoms with Crippen LogP contribution in [0.1, 0.15) is 58.1 Å². The number of hydrogen-bond acceptors (Lipinski definition) is 3. The van der Waals surface area contributed by atoms with Crippen molar-refractivity contribution >= 4 is 29.2 Å². The van der Waals surface area contributed by atoms with Crippen LogP contribution in [0.5, 0.6) is 0 Å². The van der Waals surface area contributed by atoms with Crippen molar-refractivity contribution in [2.24, 2.45) is 5.73 Å². The molecule has 2 atom stereocenters. The summed E-state index contributed by atoms with van der Waals surface area (Å²) in [6, 6.07) is 22.0. The number of carbonyl (C=O) groups excluding carboxylic acids is 1. The number of halogens is 1. The molecular weight excluding hydrogens is 436 g/mol. The van der Waals surface area contributed by atoms with Gasteiger partial charge in [-0.15, -0.1) is 0 Å². The van der Waals surface area contributed by atoms with E-state index in [0.29, 0.717) is 10.6 Å². The number of benzene rings is 3. The van der Waals surface area contributed by atoms with Crippen molar-refractivity contribution in [3.8, 4) is 0 Å². The summed E-state index contributed by atoms with van der Waals surface area (Å²) in [4.78, 5) is 26.6. The van der Waals surface area contributed by atoms with E-state index in [-0.39, 0.29) is 5.56 Å². The van der Waals surface area contributed by atoms with E-state index in [0.717, 1.165) is 42.7 Å². The topological polar surface area (TPSA) is 83.6 Å². The lowest BCUT2D eigenvalue weighted by Crippen LogP contribution is -2.33. The van der Waals surface area contributed by atoms with Crippen molar-refractivity contribution in [3.63, 3.8) is 0 Å². The number of nitrogens with two attached hydrogens (primary N) is 1. The van der Waals surface area contributed by atoms with Gasteiger partial charge in [0.2, 0.25) is 5.91 Å². The quantitative estimate of drug-likeness (QED) is 0.490. The van der Waals surface area contributed by atoms with Gasteiger partial charge >= 0.3 is 5.97 Å². The predicted molar refractivity (Wildman–Crippen MR) is 131 cm³/mol. The molecule has 2 unspecified atom stereocenters. The van der Waals surface area contributed by atoms with Gasteiger partial charge in [-0.25, -0.2) is 4.79 Å². The highest BCUT2D eigenvalue weighted by molar-refractivity contribution is 6.32. The lowest BCUT2D eigenvalue weighted by atomic mass is 9.75. The number of nitrogens with zero attached hydrogens (tertiary/aromatic N) is 1. The fourth-order valence-corrected chi connectivity index (χ4v) is 5.07. The molecule has 3 aromatic carbocycles. The van der Waals surface area contributed by atoms with E-state index in [1.54, 1.807) is 12.1 Å². The average molecular weight is 463 g/mol. The second-order valence-corrected chi connectivity index (χ2v) is 8.82. The summed E-state index contributed by atoms with van der Waals surface area (Å²) >= 11 is 6.84. The van der Waals surface area contributed by atoms with Gasteiger partial charge in [-0.2, -0.15) is 0 Å². The molecule has 4 rings (SSSR count). The van der Waals surface area contributed by atoms with Gasteiger partial charge in [0.05, 0.1) is 11.5 Å². The lowest BCUT2D eigenvalue weighted by Gasteiger charge is -2.35. The lowest BCUT2D eigenvalue weighted by molar-refractivity contribution is -0.119. The van der Waals surface area contributed by atoms with E-state index in [9.17, 15) is 14.7 Å². The highest BCUT2D eigenvalue weighted by Crippen LogP contribution is 2.46. The second-order valence-electron chi connectivity index (χ2n) is 8.42. The number of amides is 1. The van der Waals surface area contributed by atoms with Crippen LogP contribution in [0.15, 0.2) is 72.8 Å². The molecule has 0 aromatic heterocycles. The minimum absolute atomic E-state index is 0.157. The molecule has 5 nitrogen and oxygen atoms in total. The molecular formula is C27H27ClN2O3. The van der Waals surface area contributed by atoms with Crippen LogP contribution >= 0.6 is 11.6 Å². The Morgan fingerprint density at radius 1 is 0.848 bits per heavy atom. The molecule has 0 radical (unpaired) electrons. The van der Waals surface area contributed by atoms with Gasteiger partial charge in [0, 0.05) is 35.3 Å². The molecule has 170 valence electrons. The summed E-state index contributed by atoms with van der Waals surface area (Å²) in [5, 5.41) is 9.87. The maximum atomic E-state index is 13.0. The number of anilines is 1. The van der Waals surface area contributed by atoms with E-state index >= 15 is 0 Å². The average Bonchev–Trinajstić information content (AvgIpc) is 2.83. The van der Waals surface area contributed by atoms with E-state index < -0.39 is 23.7 Å². The van der Waals surface area contributed by atoms with Crippen LogP contribution in [-0.2, 0) is 4.79 Å². The number of piperidine rings is 1. The van der Waals surface area contributed by atoms with E-state index in [2.05, 4.69) is 11.0 Å². The molecule has 33 heavy (non-hydrogen) atoms. The van der Waals surface area contributed by atoms with Gasteiger partial charge in [0.1, 0.15) is 0 Å². The zero-order valence-electron chi connectivity index (χ0n) is 18.3. The Kier molecular flexibility index (Phi) is 6.99. The molecule has 0 saturated carbocycles. The summed E-state index contributed by atoms with van der Waals surface area (Å²) < 4.78 is 0. The Morgan fingerprint density at radius 3 is 2.12 bits per heavy atom. The molecule has 6 heteroatoms. The summed E-state index contributed by atoms with van der Waals surface area (Å²) in [5.74, 6) is -2.66. The molecule has 0 bridgehead atoms.